The van der Waals surface area contributed by atoms with Crippen LogP contribution in [0.2, 0.25) is 0 Å². The Morgan fingerprint density at radius 2 is 1.78 bits per heavy atom. The van der Waals surface area contributed by atoms with Gasteiger partial charge in [-0.2, -0.15) is 0 Å². The fourth-order valence-corrected chi connectivity index (χ4v) is 2.88. The standard InChI is InChI=1S/C16H22F2/c1-9(2)11-5-6-12-8-13(10(3)4)15(17)16(18)14(12)7-11/h8-11H,5-7H2,1-4H3. The topological polar surface area (TPSA) is 0 Å². The van der Waals surface area contributed by atoms with Gasteiger partial charge in [0.25, 0.3) is 0 Å². The van der Waals surface area contributed by atoms with Gasteiger partial charge in [-0.25, -0.2) is 8.78 Å². The summed E-state index contributed by atoms with van der Waals surface area (Å²) in [5.41, 5.74) is 2.17. The lowest BCUT2D eigenvalue weighted by Crippen LogP contribution is -2.21. The molecule has 0 saturated heterocycles. The normalized spacial score (nSPS) is 19.4. The summed E-state index contributed by atoms with van der Waals surface area (Å²) in [6.45, 7) is 8.13. The smallest absolute Gasteiger partial charge is 0.162 e. The molecule has 0 nitrogen and oxygen atoms in total. The van der Waals surface area contributed by atoms with Crippen LogP contribution in [0.15, 0.2) is 6.07 Å². The SMILES string of the molecule is CC(C)c1cc2c(c(F)c1F)CC(C(C)C)CC2. The van der Waals surface area contributed by atoms with Crippen LogP contribution < -0.4 is 0 Å². The number of aryl methyl sites for hydroxylation is 1. The minimum atomic E-state index is -0.631. The van der Waals surface area contributed by atoms with Crippen molar-refractivity contribution in [2.45, 2.75) is 52.9 Å². The largest absolute Gasteiger partial charge is 0.203 e. The van der Waals surface area contributed by atoms with E-state index in [-0.39, 0.29) is 5.92 Å². The molecule has 0 amide bonds. The molecule has 18 heavy (non-hydrogen) atoms. The molecule has 2 heteroatoms. The van der Waals surface area contributed by atoms with Crippen LogP contribution in [0.25, 0.3) is 0 Å². The first-order valence-electron chi connectivity index (χ1n) is 6.91. The summed E-state index contributed by atoms with van der Waals surface area (Å²) in [7, 11) is 0. The third kappa shape index (κ3) is 2.30. The number of benzene rings is 1. The molecule has 0 aromatic heterocycles. The second-order valence-corrected chi connectivity index (χ2v) is 6.13. The molecule has 0 fully saturated rings. The molecule has 1 unspecified atom stereocenters. The van der Waals surface area contributed by atoms with Crippen LogP contribution in [0.4, 0.5) is 8.78 Å². The lowest BCUT2D eigenvalue weighted by Gasteiger charge is -2.29. The molecule has 0 N–H and O–H groups in total. The van der Waals surface area contributed by atoms with Crippen molar-refractivity contribution in [1.29, 1.82) is 0 Å². The Balaban J connectivity index is 2.44. The highest BCUT2D eigenvalue weighted by Gasteiger charge is 2.27. The van der Waals surface area contributed by atoms with Crippen LogP contribution >= 0.6 is 0 Å². The van der Waals surface area contributed by atoms with Crippen molar-refractivity contribution in [2.75, 3.05) is 0 Å². The predicted molar refractivity (Wildman–Crippen MR) is 70.8 cm³/mol. The third-order valence-electron chi connectivity index (χ3n) is 4.24. The molecule has 1 aliphatic carbocycles. The van der Waals surface area contributed by atoms with Gasteiger partial charge in [0.05, 0.1) is 0 Å². The predicted octanol–water partition coefficient (Wildman–Crippen LogP) is 4.85. The first-order chi connectivity index (χ1) is 8.41. The van der Waals surface area contributed by atoms with E-state index in [4.69, 9.17) is 0 Å². The maximum atomic E-state index is 14.2. The summed E-state index contributed by atoms with van der Waals surface area (Å²) < 4.78 is 28.2. The zero-order valence-electron chi connectivity index (χ0n) is 11.7. The van der Waals surface area contributed by atoms with Crippen LogP contribution in [0.5, 0.6) is 0 Å². The van der Waals surface area contributed by atoms with Gasteiger partial charge in [-0.3, -0.25) is 0 Å². The summed E-state index contributed by atoms with van der Waals surface area (Å²) >= 11 is 0. The van der Waals surface area contributed by atoms with Gasteiger partial charge in [-0.1, -0.05) is 33.8 Å². The van der Waals surface area contributed by atoms with Gasteiger partial charge >= 0.3 is 0 Å². The second kappa shape index (κ2) is 4.99. The lowest BCUT2D eigenvalue weighted by atomic mass is 9.77. The minimum absolute atomic E-state index is 0.0348. The highest BCUT2D eigenvalue weighted by Crippen LogP contribution is 2.35. The van der Waals surface area contributed by atoms with Crippen molar-refractivity contribution in [1.82, 2.24) is 0 Å². The monoisotopic (exact) mass is 252 g/mol. The Morgan fingerprint density at radius 1 is 1.11 bits per heavy atom. The number of fused-ring (bicyclic) bond motifs is 1. The summed E-state index contributed by atoms with van der Waals surface area (Å²) in [6.07, 6.45) is 2.66. The van der Waals surface area contributed by atoms with Crippen LogP contribution in [0.3, 0.4) is 0 Å². The fourth-order valence-electron chi connectivity index (χ4n) is 2.88. The molecular weight excluding hydrogens is 230 g/mol. The molecule has 1 aromatic carbocycles. The Kier molecular flexibility index (Phi) is 3.74. The van der Waals surface area contributed by atoms with Gasteiger partial charge in [0.1, 0.15) is 0 Å². The maximum absolute atomic E-state index is 14.2. The minimum Gasteiger partial charge on any atom is -0.203 e. The molecule has 0 spiro atoms. The Bertz CT molecular complexity index is 447. The highest BCUT2D eigenvalue weighted by atomic mass is 19.2. The van der Waals surface area contributed by atoms with E-state index in [0.717, 1.165) is 18.4 Å². The van der Waals surface area contributed by atoms with Crippen molar-refractivity contribution in [3.8, 4) is 0 Å². The van der Waals surface area contributed by atoms with Gasteiger partial charge in [0, 0.05) is 0 Å². The van der Waals surface area contributed by atoms with Crippen LogP contribution in [0.1, 0.15) is 56.7 Å². The van der Waals surface area contributed by atoms with E-state index in [1.54, 1.807) is 0 Å². The van der Waals surface area contributed by atoms with E-state index in [1.807, 2.05) is 19.9 Å². The molecule has 0 heterocycles. The average Bonchev–Trinajstić information content (AvgIpc) is 2.32. The van der Waals surface area contributed by atoms with Crippen molar-refractivity contribution in [2.24, 2.45) is 11.8 Å². The molecule has 0 bridgehead atoms. The Labute approximate surface area is 108 Å². The summed E-state index contributed by atoms with van der Waals surface area (Å²) in [6, 6.07) is 1.88. The van der Waals surface area contributed by atoms with E-state index < -0.39 is 11.6 Å². The van der Waals surface area contributed by atoms with Gasteiger partial charge < -0.3 is 0 Å². The van der Waals surface area contributed by atoms with Crippen LogP contribution in [-0.4, -0.2) is 0 Å². The van der Waals surface area contributed by atoms with E-state index in [1.165, 1.54) is 0 Å². The molecular formula is C16H22F2. The van der Waals surface area contributed by atoms with E-state index in [9.17, 15) is 8.78 Å². The van der Waals surface area contributed by atoms with Gasteiger partial charge in [-0.05, 0) is 53.7 Å². The first-order valence-corrected chi connectivity index (χ1v) is 6.91. The molecule has 0 saturated carbocycles. The van der Waals surface area contributed by atoms with Gasteiger partial charge in [0.2, 0.25) is 0 Å². The summed E-state index contributed by atoms with van der Waals surface area (Å²) in [4.78, 5) is 0. The maximum Gasteiger partial charge on any atom is 0.162 e. The molecule has 1 aliphatic rings. The van der Waals surface area contributed by atoms with Crippen molar-refractivity contribution < 1.29 is 8.78 Å². The first kappa shape index (κ1) is 13.5. The molecule has 0 radical (unpaired) electrons. The number of hydrogen-bond acceptors (Lipinski definition) is 0. The highest BCUT2D eigenvalue weighted by molar-refractivity contribution is 5.38. The quantitative estimate of drug-likeness (QED) is 0.706. The number of rotatable bonds is 2. The number of halogens is 2. The average molecular weight is 252 g/mol. The van der Waals surface area contributed by atoms with Crippen molar-refractivity contribution >= 4 is 0 Å². The van der Waals surface area contributed by atoms with Gasteiger partial charge in [0.15, 0.2) is 11.6 Å². The van der Waals surface area contributed by atoms with E-state index >= 15 is 0 Å². The lowest BCUT2D eigenvalue weighted by molar-refractivity contribution is 0.332. The van der Waals surface area contributed by atoms with Crippen molar-refractivity contribution in [3.05, 3.63) is 34.4 Å². The van der Waals surface area contributed by atoms with Gasteiger partial charge in [-0.15, -0.1) is 0 Å². The summed E-state index contributed by atoms with van der Waals surface area (Å²) in [5, 5.41) is 0. The summed E-state index contributed by atoms with van der Waals surface area (Å²) in [5.74, 6) is -0.177. The van der Waals surface area contributed by atoms with Crippen LogP contribution in [-0.2, 0) is 12.8 Å². The zero-order chi connectivity index (χ0) is 13.4. The Morgan fingerprint density at radius 3 is 2.33 bits per heavy atom. The fraction of sp³-hybridized carbons (Fsp3) is 0.625. The second-order valence-electron chi connectivity index (χ2n) is 6.13. The number of hydrogen-bond donors (Lipinski definition) is 0. The van der Waals surface area contributed by atoms with Crippen LogP contribution in [0, 0.1) is 23.5 Å². The van der Waals surface area contributed by atoms with E-state index in [2.05, 4.69) is 13.8 Å². The van der Waals surface area contributed by atoms with E-state index in [0.29, 0.717) is 29.4 Å². The molecule has 0 aliphatic heterocycles. The zero-order valence-corrected chi connectivity index (χ0v) is 11.7. The molecule has 2 rings (SSSR count). The third-order valence-corrected chi connectivity index (χ3v) is 4.24. The molecule has 1 atom stereocenters. The molecule has 1 aromatic rings. The Hall–Kier alpha value is -0.920. The molecule has 100 valence electrons. The van der Waals surface area contributed by atoms with Crippen molar-refractivity contribution in [3.63, 3.8) is 0 Å².